The molecule has 0 unspecified atom stereocenters. The summed E-state index contributed by atoms with van der Waals surface area (Å²) in [6.45, 7) is 0. The first-order valence-electron chi connectivity index (χ1n) is 17.1. The van der Waals surface area contributed by atoms with Crippen molar-refractivity contribution in [1.29, 1.82) is 0 Å². The number of fused-ring (bicyclic) bond motifs is 9. The first kappa shape index (κ1) is 27.9. The Balaban J connectivity index is 1.09. The zero-order valence-electron chi connectivity index (χ0n) is 27.3. The van der Waals surface area contributed by atoms with E-state index in [1.165, 1.54) is 10.8 Å². The van der Waals surface area contributed by atoms with Crippen molar-refractivity contribution < 1.29 is 0 Å². The van der Waals surface area contributed by atoms with Crippen molar-refractivity contribution in [3.05, 3.63) is 170 Å². The summed E-state index contributed by atoms with van der Waals surface area (Å²) in [6.07, 6.45) is 0. The van der Waals surface area contributed by atoms with Crippen LogP contribution < -0.4 is 0 Å². The summed E-state index contributed by atoms with van der Waals surface area (Å²) in [7, 11) is 0. The third kappa shape index (κ3) is 4.14. The Morgan fingerprint density at radius 3 is 1.75 bits per heavy atom. The number of hydrogen-bond acceptors (Lipinski definition) is 3. The Kier molecular flexibility index (Phi) is 5.86. The summed E-state index contributed by atoms with van der Waals surface area (Å²) < 4.78 is 6.74. The molecule has 11 rings (SSSR count). The zero-order valence-corrected chi connectivity index (χ0v) is 27.3. The molecule has 0 saturated heterocycles. The summed E-state index contributed by atoms with van der Waals surface area (Å²) in [4.78, 5) is 15.5. The van der Waals surface area contributed by atoms with Crippen molar-refractivity contribution in [3.63, 3.8) is 0 Å². The van der Waals surface area contributed by atoms with E-state index in [9.17, 15) is 0 Å². The highest BCUT2D eigenvalue weighted by atomic mass is 15.2. The van der Waals surface area contributed by atoms with Gasteiger partial charge in [0, 0.05) is 27.4 Å². The maximum absolute atomic E-state index is 5.31. The van der Waals surface area contributed by atoms with E-state index < -0.39 is 0 Å². The van der Waals surface area contributed by atoms with Gasteiger partial charge in [0.1, 0.15) is 11.5 Å². The number of aromatic nitrogens is 6. The van der Waals surface area contributed by atoms with Crippen LogP contribution in [-0.4, -0.2) is 28.5 Å². The van der Waals surface area contributed by atoms with Gasteiger partial charge >= 0.3 is 0 Å². The van der Waals surface area contributed by atoms with Gasteiger partial charge in [-0.2, -0.15) is 0 Å². The fraction of sp³-hybridized carbons (Fsp3) is 0. The number of hydrogen-bond donors (Lipinski definition) is 0. The lowest BCUT2D eigenvalue weighted by Crippen LogP contribution is -2.06. The van der Waals surface area contributed by atoms with Crippen molar-refractivity contribution in [2.45, 2.75) is 0 Å². The van der Waals surface area contributed by atoms with Crippen LogP contribution in [0.15, 0.2) is 170 Å². The molecule has 238 valence electrons. The van der Waals surface area contributed by atoms with E-state index in [1.807, 2.05) is 24.3 Å². The van der Waals surface area contributed by atoms with Gasteiger partial charge in [0.15, 0.2) is 0 Å². The van der Waals surface area contributed by atoms with Gasteiger partial charge in [-0.3, -0.25) is 13.5 Å². The molecule has 6 nitrogen and oxygen atoms in total. The second-order valence-corrected chi connectivity index (χ2v) is 12.9. The molecule has 6 heteroatoms. The fourth-order valence-electron chi connectivity index (χ4n) is 7.71. The molecule has 7 aromatic carbocycles. The minimum Gasteiger partial charge on any atom is -0.292 e. The summed E-state index contributed by atoms with van der Waals surface area (Å²) in [5.41, 5.74) is 12.5. The van der Waals surface area contributed by atoms with Crippen LogP contribution in [0.1, 0.15) is 0 Å². The van der Waals surface area contributed by atoms with E-state index in [0.717, 1.165) is 83.8 Å². The highest BCUT2D eigenvalue weighted by molar-refractivity contribution is 6.10. The van der Waals surface area contributed by atoms with Crippen LogP contribution in [0, 0.1) is 0 Å². The second-order valence-electron chi connectivity index (χ2n) is 12.9. The Labute approximate surface area is 292 Å². The van der Waals surface area contributed by atoms with Crippen molar-refractivity contribution in [3.8, 4) is 34.2 Å². The number of benzene rings is 7. The molecule has 51 heavy (non-hydrogen) atoms. The lowest BCUT2D eigenvalue weighted by Gasteiger charge is -2.12. The van der Waals surface area contributed by atoms with Crippen molar-refractivity contribution >= 4 is 60.4 Å². The molecular weight excluding hydrogens is 625 g/mol. The average Bonchev–Trinajstić information content (AvgIpc) is 3.88. The minimum absolute atomic E-state index is 0.821. The van der Waals surface area contributed by atoms with Crippen LogP contribution in [0.2, 0.25) is 0 Å². The minimum atomic E-state index is 0.821. The van der Waals surface area contributed by atoms with Gasteiger partial charge in [0.05, 0.1) is 38.6 Å². The summed E-state index contributed by atoms with van der Waals surface area (Å²) in [5.74, 6) is 1.75. The van der Waals surface area contributed by atoms with Crippen LogP contribution in [0.25, 0.3) is 94.6 Å². The molecule has 0 aliphatic heterocycles. The highest BCUT2D eigenvalue weighted by Gasteiger charge is 2.20. The van der Waals surface area contributed by atoms with Crippen LogP contribution in [0.4, 0.5) is 0 Å². The molecule has 4 heterocycles. The molecule has 0 N–H and O–H groups in total. The van der Waals surface area contributed by atoms with Crippen molar-refractivity contribution in [2.24, 2.45) is 0 Å². The monoisotopic (exact) mass is 652 g/mol. The van der Waals surface area contributed by atoms with E-state index >= 15 is 0 Å². The van der Waals surface area contributed by atoms with Gasteiger partial charge in [-0.05, 0) is 77.9 Å². The fourth-order valence-corrected chi connectivity index (χ4v) is 7.71. The third-order valence-electron chi connectivity index (χ3n) is 10.1. The maximum atomic E-state index is 5.31. The maximum Gasteiger partial charge on any atom is 0.221 e. The largest absolute Gasteiger partial charge is 0.292 e. The summed E-state index contributed by atoms with van der Waals surface area (Å²) in [6, 6.07) is 59.5. The first-order chi connectivity index (χ1) is 25.3. The summed E-state index contributed by atoms with van der Waals surface area (Å²) in [5, 5.41) is 3.38. The van der Waals surface area contributed by atoms with Crippen molar-refractivity contribution in [2.75, 3.05) is 0 Å². The Hall–Kier alpha value is -7.05. The van der Waals surface area contributed by atoms with Gasteiger partial charge in [-0.1, -0.05) is 103 Å². The van der Waals surface area contributed by atoms with E-state index in [1.54, 1.807) is 0 Å². The lowest BCUT2D eigenvalue weighted by molar-refractivity contribution is 0.979. The van der Waals surface area contributed by atoms with Gasteiger partial charge in [-0.25, -0.2) is 15.0 Å². The predicted octanol–water partition coefficient (Wildman–Crippen LogP) is 10.8. The number of imidazole rings is 2. The van der Waals surface area contributed by atoms with Gasteiger partial charge < -0.3 is 0 Å². The average molecular weight is 653 g/mol. The molecule has 0 spiro atoms. The Bertz CT molecular complexity index is 3130. The number of rotatable bonds is 4. The van der Waals surface area contributed by atoms with Gasteiger partial charge in [-0.15, -0.1) is 0 Å². The smallest absolute Gasteiger partial charge is 0.221 e. The van der Waals surface area contributed by atoms with Gasteiger partial charge in [0.25, 0.3) is 0 Å². The van der Waals surface area contributed by atoms with Crippen molar-refractivity contribution in [1.82, 2.24) is 28.5 Å². The molecular formula is C45H28N6. The zero-order chi connectivity index (χ0) is 33.5. The van der Waals surface area contributed by atoms with E-state index in [0.29, 0.717) is 0 Å². The standard InChI is InChI=1S/C45H28N6/c1-2-12-32(13-3-1)49-41-20-10-7-17-37(41)46-43(49)30-24-22-29(23-25-30)31-26-27-40-35(28-31)33-14-5-9-19-39(33)50(40)45-48-36-16-6-4-15-34(36)44-47-38-18-8-11-21-42(38)51(44)45/h1-28H. The van der Waals surface area contributed by atoms with Crippen LogP contribution in [0.3, 0.4) is 0 Å². The van der Waals surface area contributed by atoms with Crippen LogP contribution >= 0.6 is 0 Å². The summed E-state index contributed by atoms with van der Waals surface area (Å²) >= 11 is 0. The molecule has 4 aromatic heterocycles. The first-order valence-corrected chi connectivity index (χ1v) is 17.1. The van der Waals surface area contributed by atoms with Gasteiger partial charge in [0.2, 0.25) is 5.95 Å². The molecule has 0 amide bonds. The Morgan fingerprint density at radius 2 is 0.941 bits per heavy atom. The third-order valence-corrected chi connectivity index (χ3v) is 10.1. The Morgan fingerprint density at radius 1 is 0.353 bits per heavy atom. The van der Waals surface area contributed by atoms with E-state index in [4.69, 9.17) is 15.0 Å². The molecule has 11 aromatic rings. The van der Waals surface area contributed by atoms with E-state index in [2.05, 4.69) is 159 Å². The van der Waals surface area contributed by atoms with Crippen LogP contribution in [-0.2, 0) is 0 Å². The molecule has 0 aliphatic rings. The normalized spacial score (nSPS) is 11.9. The topological polar surface area (TPSA) is 52.9 Å². The SMILES string of the molecule is c1ccc(-n2c(-c3ccc(-c4ccc5c(c4)c4ccccc4n5-c4nc5ccccc5c5nc6ccccc6n45)cc3)nc3ccccc32)cc1. The molecule has 0 atom stereocenters. The van der Waals surface area contributed by atoms with Crippen LogP contribution in [0.5, 0.6) is 0 Å². The quantitative estimate of drug-likeness (QED) is 0.190. The van der Waals surface area contributed by atoms with E-state index in [-0.39, 0.29) is 0 Å². The molecule has 0 saturated carbocycles. The molecule has 0 radical (unpaired) electrons. The highest BCUT2D eigenvalue weighted by Crippen LogP contribution is 2.37. The molecule has 0 aliphatic carbocycles. The number of para-hydroxylation sites is 7. The molecule has 0 fully saturated rings. The molecule has 0 bridgehead atoms. The lowest BCUT2D eigenvalue weighted by atomic mass is 10.0. The second kappa shape index (κ2) is 10.7. The predicted molar refractivity (Wildman–Crippen MR) is 208 cm³/mol. The number of nitrogens with zero attached hydrogens (tertiary/aromatic N) is 6.